The number of carbonyl (C=O) groups is 1. The summed E-state index contributed by atoms with van der Waals surface area (Å²) in [5.41, 5.74) is 0. The summed E-state index contributed by atoms with van der Waals surface area (Å²) in [6, 6.07) is 0.453. The van der Waals surface area contributed by atoms with E-state index in [0.29, 0.717) is 6.04 Å². The van der Waals surface area contributed by atoms with Crippen molar-refractivity contribution >= 4 is 5.91 Å². The van der Waals surface area contributed by atoms with Crippen molar-refractivity contribution in [1.29, 1.82) is 0 Å². The average Bonchev–Trinajstić information content (AvgIpc) is 2.30. The predicted octanol–water partition coefficient (Wildman–Crippen LogP) is 2.20. The van der Waals surface area contributed by atoms with Crippen LogP contribution in [0.5, 0.6) is 0 Å². The van der Waals surface area contributed by atoms with Crippen molar-refractivity contribution in [3.05, 3.63) is 0 Å². The van der Waals surface area contributed by atoms with Crippen molar-refractivity contribution in [2.45, 2.75) is 58.1 Å². The van der Waals surface area contributed by atoms with Crippen LogP contribution in [0.25, 0.3) is 0 Å². The fourth-order valence-corrected chi connectivity index (χ4v) is 2.32. The third-order valence-electron chi connectivity index (χ3n) is 3.34. The molecule has 1 atom stereocenters. The summed E-state index contributed by atoms with van der Waals surface area (Å²) in [6.07, 6.45) is 5.87. The number of hydrogen-bond donors (Lipinski definition) is 0. The van der Waals surface area contributed by atoms with Gasteiger partial charge in [0.1, 0.15) is 6.10 Å². The van der Waals surface area contributed by atoms with Gasteiger partial charge in [-0.15, -0.1) is 0 Å². The van der Waals surface area contributed by atoms with Gasteiger partial charge in [-0.25, -0.2) is 0 Å². The van der Waals surface area contributed by atoms with E-state index in [4.69, 9.17) is 4.74 Å². The Morgan fingerprint density at radius 1 is 1.40 bits per heavy atom. The third-order valence-corrected chi connectivity index (χ3v) is 3.34. The summed E-state index contributed by atoms with van der Waals surface area (Å²) in [5.74, 6) is 0.145. The second kappa shape index (κ2) is 6.11. The van der Waals surface area contributed by atoms with Crippen LogP contribution >= 0.6 is 0 Å². The van der Waals surface area contributed by atoms with E-state index in [2.05, 4.69) is 6.92 Å². The Morgan fingerprint density at radius 3 is 2.47 bits per heavy atom. The molecule has 1 amide bonds. The largest absolute Gasteiger partial charge is 0.372 e. The predicted molar refractivity (Wildman–Crippen MR) is 60.7 cm³/mol. The first kappa shape index (κ1) is 12.5. The highest BCUT2D eigenvalue weighted by atomic mass is 16.5. The molecule has 3 nitrogen and oxygen atoms in total. The SMILES string of the molecule is CCN(C(=O)C(C)OC)C1CCCCC1. The molecule has 0 aromatic rings. The summed E-state index contributed by atoms with van der Waals surface area (Å²) in [4.78, 5) is 14.0. The average molecular weight is 213 g/mol. The minimum atomic E-state index is -0.299. The Balaban J connectivity index is 2.56. The Morgan fingerprint density at radius 2 is 2.00 bits per heavy atom. The molecule has 0 bridgehead atoms. The van der Waals surface area contributed by atoms with E-state index in [1.807, 2.05) is 11.8 Å². The number of ether oxygens (including phenoxy) is 1. The van der Waals surface area contributed by atoms with Gasteiger partial charge in [0.15, 0.2) is 0 Å². The van der Waals surface area contributed by atoms with E-state index in [-0.39, 0.29) is 12.0 Å². The smallest absolute Gasteiger partial charge is 0.251 e. The molecule has 1 fully saturated rings. The highest BCUT2D eigenvalue weighted by molar-refractivity contribution is 5.80. The molecular weight excluding hydrogens is 190 g/mol. The molecule has 0 heterocycles. The maximum atomic E-state index is 12.0. The van der Waals surface area contributed by atoms with Crippen LogP contribution in [0.3, 0.4) is 0 Å². The van der Waals surface area contributed by atoms with Gasteiger partial charge in [-0.2, -0.15) is 0 Å². The molecule has 15 heavy (non-hydrogen) atoms. The van der Waals surface area contributed by atoms with Crippen LogP contribution in [-0.2, 0) is 9.53 Å². The fraction of sp³-hybridized carbons (Fsp3) is 0.917. The molecule has 0 aromatic carbocycles. The number of rotatable bonds is 4. The summed E-state index contributed by atoms with van der Waals surface area (Å²) in [5, 5.41) is 0. The summed E-state index contributed by atoms with van der Waals surface area (Å²) in [6.45, 7) is 4.68. The molecule has 0 aliphatic heterocycles. The van der Waals surface area contributed by atoms with E-state index in [0.717, 1.165) is 19.4 Å². The highest BCUT2D eigenvalue weighted by Crippen LogP contribution is 2.23. The van der Waals surface area contributed by atoms with Crippen LogP contribution in [0.15, 0.2) is 0 Å². The van der Waals surface area contributed by atoms with Gasteiger partial charge in [-0.3, -0.25) is 4.79 Å². The molecule has 0 aromatic heterocycles. The zero-order chi connectivity index (χ0) is 11.3. The monoisotopic (exact) mass is 213 g/mol. The van der Waals surface area contributed by atoms with Crippen molar-refractivity contribution in [3.63, 3.8) is 0 Å². The number of amides is 1. The van der Waals surface area contributed by atoms with Crippen molar-refractivity contribution in [3.8, 4) is 0 Å². The van der Waals surface area contributed by atoms with E-state index < -0.39 is 0 Å². The molecule has 1 aliphatic carbocycles. The zero-order valence-corrected chi connectivity index (χ0v) is 10.2. The van der Waals surface area contributed by atoms with Crippen LogP contribution in [0, 0.1) is 0 Å². The Hall–Kier alpha value is -0.570. The van der Waals surface area contributed by atoms with Gasteiger partial charge >= 0.3 is 0 Å². The maximum Gasteiger partial charge on any atom is 0.251 e. The maximum absolute atomic E-state index is 12.0. The standard InChI is InChI=1S/C12H23NO2/c1-4-13(12(14)10(2)15-3)11-8-6-5-7-9-11/h10-11H,4-9H2,1-3H3. The molecule has 0 spiro atoms. The molecule has 1 saturated carbocycles. The van der Waals surface area contributed by atoms with Crippen LogP contribution in [0.2, 0.25) is 0 Å². The van der Waals surface area contributed by atoms with Crippen molar-refractivity contribution in [2.75, 3.05) is 13.7 Å². The molecule has 0 N–H and O–H groups in total. The Labute approximate surface area is 92.8 Å². The van der Waals surface area contributed by atoms with Gasteiger partial charge in [-0.05, 0) is 26.7 Å². The molecule has 1 aliphatic rings. The summed E-state index contributed by atoms with van der Waals surface area (Å²) < 4.78 is 5.09. The third kappa shape index (κ3) is 3.20. The first-order chi connectivity index (χ1) is 7.20. The normalized spacial score (nSPS) is 19.9. The van der Waals surface area contributed by atoms with E-state index >= 15 is 0 Å². The lowest BCUT2D eigenvalue weighted by Gasteiger charge is -2.34. The van der Waals surface area contributed by atoms with Crippen LogP contribution in [0.1, 0.15) is 46.0 Å². The zero-order valence-electron chi connectivity index (χ0n) is 10.2. The van der Waals surface area contributed by atoms with Crippen LogP contribution in [0.4, 0.5) is 0 Å². The summed E-state index contributed by atoms with van der Waals surface area (Å²) >= 11 is 0. The first-order valence-corrected chi connectivity index (χ1v) is 6.04. The summed E-state index contributed by atoms with van der Waals surface area (Å²) in [7, 11) is 1.59. The number of nitrogens with zero attached hydrogens (tertiary/aromatic N) is 1. The number of hydrogen-bond acceptors (Lipinski definition) is 2. The fourth-order valence-electron chi connectivity index (χ4n) is 2.32. The van der Waals surface area contributed by atoms with Gasteiger partial charge in [-0.1, -0.05) is 19.3 Å². The molecular formula is C12H23NO2. The molecule has 88 valence electrons. The molecule has 3 heteroatoms. The van der Waals surface area contributed by atoms with E-state index in [9.17, 15) is 4.79 Å². The van der Waals surface area contributed by atoms with Gasteiger partial charge < -0.3 is 9.64 Å². The minimum absolute atomic E-state index is 0.145. The van der Waals surface area contributed by atoms with Gasteiger partial charge in [0.05, 0.1) is 0 Å². The second-order valence-electron chi connectivity index (χ2n) is 4.29. The lowest BCUT2D eigenvalue weighted by atomic mass is 9.94. The number of carbonyl (C=O) groups excluding carboxylic acids is 1. The Bertz CT molecular complexity index is 200. The van der Waals surface area contributed by atoms with Gasteiger partial charge in [0.2, 0.25) is 0 Å². The number of methoxy groups -OCH3 is 1. The Kier molecular flexibility index (Phi) is 5.09. The molecule has 1 unspecified atom stereocenters. The van der Waals surface area contributed by atoms with Gasteiger partial charge in [0.25, 0.3) is 5.91 Å². The lowest BCUT2D eigenvalue weighted by molar-refractivity contribution is -0.143. The molecule has 1 rings (SSSR count). The van der Waals surface area contributed by atoms with Crippen LogP contribution < -0.4 is 0 Å². The van der Waals surface area contributed by atoms with Crippen molar-refractivity contribution in [2.24, 2.45) is 0 Å². The molecule has 0 saturated heterocycles. The van der Waals surface area contributed by atoms with E-state index in [1.165, 1.54) is 19.3 Å². The second-order valence-corrected chi connectivity index (χ2v) is 4.29. The minimum Gasteiger partial charge on any atom is -0.372 e. The lowest BCUT2D eigenvalue weighted by Crippen LogP contribution is -2.45. The highest BCUT2D eigenvalue weighted by Gasteiger charge is 2.26. The van der Waals surface area contributed by atoms with E-state index in [1.54, 1.807) is 7.11 Å². The van der Waals surface area contributed by atoms with Crippen molar-refractivity contribution in [1.82, 2.24) is 4.90 Å². The van der Waals surface area contributed by atoms with Crippen LogP contribution in [-0.4, -0.2) is 36.6 Å². The first-order valence-electron chi connectivity index (χ1n) is 6.04. The topological polar surface area (TPSA) is 29.5 Å². The van der Waals surface area contributed by atoms with Crippen molar-refractivity contribution < 1.29 is 9.53 Å². The van der Waals surface area contributed by atoms with Gasteiger partial charge in [0, 0.05) is 19.7 Å². The molecule has 0 radical (unpaired) electrons. The number of likely N-dealkylation sites (N-methyl/N-ethyl adjacent to an activating group) is 1. The quantitative estimate of drug-likeness (QED) is 0.716.